The molecule has 310 valence electrons. The molecule has 9 heteroatoms. The van der Waals surface area contributed by atoms with Crippen molar-refractivity contribution in [1.82, 2.24) is 10.2 Å². The third kappa shape index (κ3) is 7.05. The van der Waals surface area contributed by atoms with Crippen molar-refractivity contribution in [2.45, 2.75) is 165 Å². The smallest absolute Gasteiger partial charge is 0.309 e. The highest BCUT2D eigenvalue weighted by molar-refractivity contribution is 6.00. The number of ketones is 1. The van der Waals surface area contributed by atoms with Crippen LogP contribution >= 0.6 is 0 Å². The topological polar surface area (TPSA) is 133 Å². The second-order valence-electron chi connectivity index (χ2n) is 21.6. The number of nitrogens with zero attached hydrogens (tertiary/aromatic N) is 1. The first-order valence-corrected chi connectivity index (χ1v) is 21.9. The number of aliphatic hydroxyl groups is 1. The van der Waals surface area contributed by atoms with Crippen molar-refractivity contribution in [3.8, 4) is 0 Å². The van der Waals surface area contributed by atoms with Crippen molar-refractivity contribution in [3.63, 3.8) is 0 Å². The largest absolute Gasteiger partial charge is 0.481 e. The molecule has 0 aromatic heterocycles. The molecule has 1 amide bonds. The van der Waals surface area contributed by atoms with E-state index in [9.17, 15) is 29.4 Å². The molecule has 0 heterocycles. The van der Waals surface area contributed by atoms with E-state index in [2.05, 4.69) is 58.7 Å². The minimum atomic E-state index is -1.17. The predicted molar refractivity (Wildman–Crippen MR) is 214 cm³/mol. The summed E-state index contributed by atoms with van der Waals surface area (Å²) in [5, 5.41) is 25.2. The number of esters is 1. The fourth-order valence-corrected chi connectivity index (χ4v) is 14.0. The Hall–Kier alpha value is -2.26. The highest BCUT2D eigenvalue weighted by atomic mass is 16.5. The number of aliphatic carboxylic acids is 1. The number of carbonyl (C=O) groups excluding carboxylic acids is 3. The van der Waals surface area contributed by atoms with Crippen LogP contribution in [-0.4, -0.2) is 77.1 Å². The van der Waals surface area contributed by atoms with Crippen molar-refractivity contribution in [1.29, 1.82) is 0 Å². The standard InChI is InChI=1S/C46H74N2O7/c1-28(2)38-32(50)24-46(35(51)27-48(23-22-47-29(3)49)26-30-12-11-13-30)21-20-44(9)31(39(38)46)14-15-34-43(8)18-17-36(55-37(52)25-41(4,5)40(53)54)42(6,7)33(43)16-19-45(34,44)10/h28,30-31,33-36,51H,11-27H2,1-10H3,(H,47,49)(H,53,54)/t31-,33?,34-,35+,36+,43+,44-,45-,46+/m1/s1. The maximum Gasteiger partial charge on any atom is 0.309 e. The molecule has 3 N–H and O–H groups in total. The Morgan fingerprint density at radius 1 is 0.927 bits per heavy atom. The fraction of sp³-hybridized carbons (Fsp3) is 0.870. The van der Waals surface area contributed by atoms with Crippen LogP contribution in [0.15, 0.2) is 11.1 Å². The molecular weight excluding hydrogens is 693 g/mol. The normalized spacial score (nSPS) is 37.7. The molecule has 9 atom stereocenters. The molecule has 0 spiro atoms. The van der Waals surface area contributed by atoms with E-state index in [0.29, 0.717) is 43.8 Å². The zero-order chi connectivity index (χ0) is 40.5. The molecule has 0 bridgehead atoms. The van der Waals surface area contributed by atoms with E-state index >= 15 is 0 Å². The van der Waals surface area contributed by atoms with E-state index in [-0.39, 0.29) is 57.7 Å². The number of carboxylic acids is 1. The Labute approximate surface area is 331 Å². The zero-order valence-electron chi connectivity index (χ0n) is 35.9. The SMILES string of the molecule is CC(=O)NCCN(CC1CCC1)C[C@H](O)[C@@]12CC[C@]3(C)[C@H](CC[C@@H]4[C@@]5(C)CC[C@H](OC(=O)CC(C)(C)C(=O)O)C(C)(C)C5CC[C@]43C)C1=C(C(C)C)C(=O)C2. The van der Waals surface area contributed by atoms with Gasteiger partial charge in [-0.3, -0.25) is 24.1 Å². The summed E-state index contributed by atoms with van der Waals surface area (Å²) >= 11 is 0. The number of hydrogen-bond acceptors (Lipinski definition) is 7. The van der Waals surface area contributed by atoms with Gasteiger partial charge >= 0.3 is 11.9 Å². The molecule has 9 nitrogen and oxygen atoms in total. The van der Waals surface area contributed by atoms with Gasteiger partial charge in [-0.05, 0) is 129 Å². The Morgan fingerprint density at radius 2 is 1.62 bits per heavy atom. The van der Waals surface area contributed by atoms with Crippen molar-refractivity contribution < 1.29 is 34.1 Å². The average Bonchev–Trinajstić information content (AvgIpc) is 3.37. The monoisotopic (exact) mass is 767 g/mol. The number of Topliss-reactive ketones (excluding diaryl/α,β-unsaturated/α-hetero) is 1. The van der Waals surface area contributed by atoms with E-state index in [1.807, 2.05) is 0 Å². The Bertz CT molecular complexity index is 1560. The van der Waals surface area contributed by atoms with Gasteiger partial charge in [0.15, 0.2) is 5.78 Å². The van der Waals surface area contributed by atoms with Crippen molar-refractivity contribution >= 4 is 23.6 Å². The van der Waals surface area contributed by atoms with Gasteiger partial charge in [0.2, 0.25) is 5.91 Å². The van der Waals surface area contributed by atoms with Crippen LogP contribution in [0.3, 0.4) is 0 Å². The Balaban J connectivity index is 1.27. The van der Waals surface area contributed by atoms with E-state index in [1.54, 1.807) is 20.8 Å². The van der Waals surface area contributed by atoms with Crippen LogP contribution in [0, 0.1) is 62.1 Å². The second-order valence-corrected chi connectivity index (χ2v) is 21.6. The lowest BCUT2D eigenvalue weighted by Crippen LogP contribution is -2.66. The van der Waals surface area contributed by atoms with Gasteiger partial charge in [0.25, 0.3) is 0 Å². The van der Waals surface area contributed by atoms with Crippen molar-refractivity contribution in [3.05, 3.63) is 11.1 Å². The number of amides is 1. The molecule has 1 unspecified atom stereocenters. The van der Waals surface area contributed by atoms with E-state index in [1.165, 1.54) is 24.8 Å². The maximum atomic E-state index is 14.2. The molecule has 0 aromatic carbocycles. The molecule has 0 radical (unpaired) electrons. The molecule has 6 aliphatic carbocycles. The van der Waals surface area contributed by atoms with E-state index < -0.39 is 28.9 Å². The molecule has 0 aromatic rings. The first kappa shape index (κ1) is 42.3. The molecule has 5 saturated carbocycles. The second kappa shape index (κ2) is 14.8. The van der Waals surface area contributed by atoms with Gasteiger partial charge in [0.1, 0.15) is 6.10 Å². The molecule has 5 fully saturated rings. The van der Waals surface area contributed by atoms with Gasteiger partial charge in [-0.2, -0.15) is 0 Å². The summed E-state index contributed by atoms with van der Waals surface area (Å²) in [6.45, 7) is 23.9. The number of nitrogens with one attached hydrogen (secondary N) is 1. The number of allylic oxidation sites excluding steroid dienone is 1. The summed E-state index contributed by atoms with van der Waals surface area (Å²) in [7, 11) is 0. The van der Waals surface area contributed by atoms with Gasteiger partial charge in [0.05, 0.1) is 17.9 Å². The zero-order valence-corrected chi connectivity index (χ0v) is 35.9. The average molecular weight is 767 g/mol. The van der Waals surface area contributed by atoms with Gasteiger partial charge in [-0.15, -0.1) is 0 Å². The third-order valence-electron chi connectivity index (χ3n) is 17.5. The van der Waals surface area contributed by atoms with Gasteiger partial charge < -0.3 is 20.3 Å². The first-order valence-electron chi connectivity index (χ1n) is 21.9. The summed E-state index contributed by atoms with van der Waals surface area (Å²) < 4.78 is 6.18. The van der Waals surface area contributed by atoms with Crippen LogP contribution < -0.4 is 5.32 Å². The molecule has 55 heavy (non-hydrogen) atoms. The van der Waals surface area contributed by atoms with Crippen LogP contribution in [0.2, 0.25) is 0 Å². The number of hydrogen-bond donors (Lipinski definition) is 3. The van der Waals surface area contributed by atoms with Crippen LogP contribution in [0.5, 0.6) is 0 Å². The predicted octanol–water partition coefficient (Wildman–Crippen LogP) is 7.98. The lowest BCUT2D eigenvalue weighted by atomic mass is 9.33. The summed E-state index contributed by atoms with van der Waals surface area (Å²) in [5.74, 6) is 0.597. The number of ether oxygens (including phenoxy) is 1. The van der Waals surface area contributed by atoms with Crippen molar-refractivity contribution in [2.24, 2.45) is 62.1 Å². The van der Waals surface area contributed by atoms with Crippen LogP contribution in [0.4, 0.5) is 0 Å². The van der Waals surface area contributed by atoms with E-state index in [0.717, 1.165) is 63.5 Å². The highest BCUT2D eigenvalue weighted by Crippen LogP contribution is 2.77. The molecular formula is C46H74N2O7. The molecule has 6 aliphatic rings. The Kier molecular flexibility index (Phi) is 11.4. The minimum Gasteiger partial charge on any atom is -0.481 e. The maximum absolute atomic E-state index is 14.2. The number of carboxylic acid groups (broad SMARTS) is 1. The number of rotatable bonds is 13. The van der Waals surface area contributed by atoms with Crippen LogP contribution in [-0.2, 0) is 23.9 Å². The molecule has 6 rings (SSSR count). The fourth-order valence-electron chi connectivity index (χ4n) is 14.0. The summed E-state index contributed by atoms with van der Waals surface area (Å²) in [4.78, 5) is 53.3. The quantitative estimate of drug-likeness (QED) is 0.161. The van der Waals surface area contributed by atoms with Crippen LogP contribution in [0.25, 0.3) is 0 Å². The molecule has 0 aliphatic heterocycles. The van der Waals surface area contributed by atoms with E-state index in [4.69, 9.17) is 4.74 Å². The van der Waals surface area contributed by atoms with Gasteiger partial charge in [0, 0.05) is 50.4 Å². The minimum absolute atomic E-state index is 0.0277. The summed E-state index contributed by atoms with van der Waals surface area (Å²) in [6, 6.07) is 0. The van der Waals surface area contributed by atoms with Crippen molar-refractivity contribution in [2.75, 3.05) is 26.2 Å². The number of carbonyl (C=O) groups is 4. The third-order valence-corrected chi connectivity index (χ3v) is 17.5. The van der Waals surface area contributed by atoms with Gasteiger partial charge in [-0.25, -0.2) is 0 Å². The first-order chi connectivity index (χ1) is 25.5. The Morgan fingerprint density at radius 3 is 2.22 bits per heavy atom. The highest BCUT2D eigenvalue weighted by Gasteiger charge is 2.71. The van der Waals surface area contributed by atoms with Gasteiger partial charge in [-0.1, -0.05) is 60.5 Å². The summed E-state index contributed by atoms with van der Waals surface area (Å²) in [5.41, 5.74) is 0.392. The number of aliphatic hydroxyl groups excluding tert-OH is 1. The lowest BCUT2D eigenvalue weighted by Gasteiger charge is -2.72. The lowest BCUT2D eigenvalue weighted by molar-refractivity contribution is -0.235. The summed E-state index contributed by atoms with van der Waals surface area (Å²) in [6.07, 6.45) is 10.8. The van der Waals surface area contributed by atoms with Crippen LogP contribution in [0.1, 0.15) is 153 Å². The number of fused-ring (bicyclic) bond motifs is 7. The molecule has 0 saturated heterocycles.